The van der Waals surface area contributed by atoms with Crippen molar-refractivity contribution >= 4 is 0 Å². The maximum atomic E-state index is 10.9. The second-order valence-corrected chi connectivity index (χ2v) is 7.60. The first kappa shape index (κ1) is 12.0. The van der Waals surface area contributed by atoms with E-state index >= 15 is 0 Å². The normalized spacial score (nSPS) is 55.9. The summed E-state index contributed by atoms with van der Waals surface area (Å²) in [5, 5.41) is 20.7. The van der Waals surface area contributed by atoms with Gasteiger partial charge in [-0.05, 0) is 54.8 Å². The van der Waals surface area contributed by atoms with Crippen LogP contribution in [0.3, 0.4) is 0 Å². The summed E-state index contributed by atoms with van der Waals surface area (Å²) in [5.41, 5.74) is -0.125. The summed E-state index contributed by atoms with van der Waals surface area (Å²) in [7, 11) is 0. The molecular weight excluding hydrogens is 212 g/mol. The molecule has 2 heteroatoms. The number of aliphatic hydroxyl groups excluding tert-OH is 1. The van der Waals surface area contributed by atoms with Gasteiger partial charge in [0.1, 0.15) is 0 Å². The second-order valence-electron chi connectivity index (χ2n) is 7.60. The van der Waals surface area contributed by atoms with Gasteiger partial charge in [-0.1, -0.05) is 20.8 Å². The molecule has 0 aromatic heterocycles. The fraction of sp³-hybridized carbons (Fsp3) is 1.00. The molecule has 3 saturated carbocycles. The average Bonchev–Trinajstić information content (AvgIpc) is 2.71. The minimum atomic E-state index is -0.590. The van der Waals surface area contributed by atoms with Crippen LogP contribution in [0.2, 0.25) is 0 Å². The van der Waals surface area contributed by atoms with Crippen LogP contribution in [-0.4, -0.2) is 22.4 Å². The number of fused-ring (bicyclic) bond motifs is 1. The first-order valence-electron chi connectivity index (χ1n) is 7.20. The average molecular weight is 238 g/mol. The number of hydrogen-bond acceptors (Lipinski definition) is 2. The quantitative estimate of drug-likeness (QED) is 0.737. The molecule has 3 aliphatic rings. The Bertz CT molecular complexity index is 338. The molecule has 0 aliphatic heterocycles. The van der Waals surface area contributed by atoms with Crippen molar-refractivity contribution < 1.29 is 10.2 Å². The van der Waals surface area contributed by atoms with Crippen LogP contribution in [0.25, 0.3) is 0 Å². The van der Waals surface area contributed by atoms with Crippen molar-refractivity contribution in [3.63, 3.8) is 0 Å². The Hall–Kier alpha value is -0.0800. The van der Waals surface area contributed by atoms with Crippen molar-refractivity contribution in [3.05, 3.63) is 0 Å². The molecular formula is C15H26O2. The summed E-state index contributed by atoms with van der Waals surface area (Å²) in [6.45, 7) is 7.08. The van der Waals surface area contributed by atoms with E-state index in [-0.39, 0.29) is 17.9 Å². The van der Waals surface area contributed by atoms with E-state index in [9.17, 15) is 10.2 Å². The van der Waals surface area contributed by atoms with Crippen LogP contribution in [-0.2, 0) is 0 Å². The van der Waals surface area contributed by atoms with E-state index < -0.39 is 5.60 Å². The van der Waals surface area contributed by atoms with E-state index in [1.54, 1.807) is 0 Å². The van der Waals surface area contributed by atoms with Gasteiger partial charge in [-0.2, -0.15) is 0 Å². The lowest BCUT2D eigenvalue weighted by Gasteiger charge is -2.56. The zero-order valence-corrected chi connectivity index (χ0v) is 11.4. The molecule has 0 aromatic rings. The molecule has 0 aromatic carbocycles. The lowest BCUT2D eigenvalue weighted by molar-refractivity contribution is -0.157. The Labute approximate surface area is 104 Å². The summed E-state index contributed by atoms with van der Waals surface area (Å²) in [5.74, 6) is 1.52. The van der Waals surface area contributed by atoms with E-state index in [0.717, 1.165) is 18.8 Å². The Morgan fingerprint density at radius 2 is 1.88 bits per heavy atom. The smallest absolute Gasteiger partial charge is 0.0708 e. The number of hydrogen-bond donors (Lipinski definition) is 2. The molecule has 0 saturated heterocycles. The molecule has 0 heterocycles. The molecule has 0 unspecified atom stereocenters. The van der Waals surface area contributed by atoms with Crippen molar-refractivity contribution in [3.8, 4) is 0 Å². The predicted molar refractivity (Wildman–Crippen MR) is 67.5 cm³/mol. The Kier molecular flexibility index (Phi) is 2.30. The third kappa shape index (κ3) is 1.24. The van der Waals surface area contributed by atoms with Gasteiger partial charge in [0.2, 0.25) is 0 Å². The van der Waals surface area contributed by atoms with E-state index in [2.05, 4.69) is 20.8 Å². The molecule has 0 radical (unpaired) electrons. The second kappa shape index (κ2) is 3.27. The minimum Gasteiger partial charge on any atom is -0.396 e. The van der Waals surface area contributed by atoms with Crippen LogP contribution in [0.1, 0.15) is 52.9 Å². The van der Waals surface area contributed by atoms with Gasteiger partial charge in [0.15, 0.2) is 0 Å². The Morgan fingerprint density at radius 3 is 2.53 bits per heavy atom. The summed E-state index contributed by atoms with van der Waals surface area (Å²) in [6, 6.07) is 0. The first-order valence-corrected chi connectivity index (χ1v) is 7.20. The topological polar surface area (TPSA) is 40.5 Å². The lowest BCUT2D eigenvalue weighted by Crippen LogP contribution is -2.56. The van der Waals surface area contributed by atoms with Crippen LogP contribution >= 0.6 is 0 Å². The van der Waals surface area contributed by atoms with Crippen LogP contribution in [0.4, 0.5) is 0 Å². The molecule has 2 bridgehead atoms. The molecule has 3 rings (SSSR count). The van der Waals surface area contributed by atoms with Gasteiger partial charge in [-0.15, -0.1) is 0 Å². The molecule has 2 nitrogen and oxygen atoms in total. The first-order chi connectivity index (χ1) is 7.87. The highest BCUT2D eigenvalue weighted by atomic mass is 16.3. The van der Waals surface area contributed by atoms with Gasteiger partial charge >= 0.3 is 0 Å². The third-order valence-electron chi connectivity index (χ3n) is 6.85. The van der Waals surface area contributed by atoms with E-state index in [4.69, 9.17) is 0 Å². The standard InChI is InChI=1S/C15H26O2/c1-10-4-5-11-13(2,3)12(8-16)15(17)7-6-14(10,11)9-15/h10-12,16-17H,4-9H2,1-3H3/t10-,11-,12+,14+,15+/m1/s1. The fourth-order valence-corrected chi connectivity index (χ4v) is 6.00. The van der Waals surface area contributed by atoms with Gasteiger partial charge in [-0.25, -0.2) is 0 Å². The Morgan fingerprint density at radius 1 is 1.18 bits per heavy atom. The highest BCUT2D eigenvalue weighted by molar-refractivity contribution is 5.18. The van der Waals surface area contributed by atoms with Crippen molar-refractivity contribution in [2.75, 3.05) is 6.61 Å². The zero-order chi connectivity index (χ0) is 12.5. The van der Waals surface area contributed by atoms with Crippen LogP contribution in [0.5, 0.6) is 0 Å². The SMILES string of the molecule is C[C@@H]1CC[C@@H]2C(C)(C)[C@H](CO)[C@]3(O)CC[C@]12C3. The van der Waals surface area contributed by atoms with Gasteiger partial charge in [0.25, 0.3) is 0 Å². The third-order valence-corrected chi connectivity index (χ3v) is 6.85. The summed E-state index contributed by atoms with van der Waals surface area (Å²) in [6.07, 6.45) is 5.63. The maximum Gasteiger partial charge on any atom is 0.0708 e. The van der Waals surface area contributed by atoms with Crippen molar-refractivity contribution in [1.29, 1.82) is 0 Å². The van der Waals surface area contributed by atoms with Gasteiger partial charge in [0.05, 0.1) is 5.60 Å². The summed E-state index contributed by atoms with van der Waals surface area (Å²) < 4.78 is 0. The van der Waals surface area contributed by atoms with Crippen LogP contribution in [0, 0.1) is 28.6 Å². The highest BCUT2D eigenvalue weighted by Crippen LogP contribution is 2.71. The van der Waals surface area contributed by atoms with Gasteiger partial charge in [0, 0.05) is 12.5 Å². The molecule has 3 aliphatic carbocycles. The lowest BCUT2D eigenvalue weighted by atomic mass is 9.51. The molecule has 0 amide bonds. The molecule has 3 fully saturated rings. The maximum absolute atomic E-state index is 10.9. The van der Waals surface area contributed by atoms with Gasteiger partial charge in [-0.3, -0.25) is 0 Å². The molecule has 17 heavy (non-hydrogen) atoms. The molecule has 5 atom stereocenters. The molecule has 98 valence electrons. The zero-order valence-electron chi connectivity index (χ0n) is 11.4. The van der Waals surface area contributed by atoms with Crippen molar-refractivity contribution in [2.24, 2.45) is 28.6 Å². The summed E-state index contributed by atoms with van der Waals surface area (Å²) >= 11 is 0. The minimum absolute atomic E-state index is 0.0703. The fourth-order valence-electron chi connectivity index (χ4n) is 6.00. The van der Waals surface area contributed by atoms with Crippen molar-refractivity contribution in [1.82, 2.24) is 0 Å². The number of aliphatic hydroxyl groups is 2. The highest BCUT2D eigenvalue weighted by Gasteiger charge is 2.68. The van der Waals surface area contributed by atoms with Crippen molar-refractivity contribution in [2.45, 2.75) is 58.5 Å². The van der Waals surface area contributed by atoms with Gasteiger partial charge < -0.3 is 10.2 Å². The number of rotatable bonds is 1. The van der Waals surface area contributed by atoms with E-state index in [0.29, 0.717) is 11.3 Å². The largest absolute Gasteiger partial charge is 0.396 e. The van der Waals surface area contributed by atoms with E-state index in [1.807, 2.05) is 0 Å². The van der Waals surface area contributed by atoms with Crippen LogP contribution < -0.4 is 0 Å². The molecule has 1 spiro atoms. The summed E-state index contributed by atoms with van der Waals surface area (Å²) in [4.78, 5) is 0. The van der Waals surface area contributed by atoms with E-state index in [1.165, 1.54) is 19.3 Å². The molecule has 2 N–H and O–H groups in total. The predicted octanol–water partition coefficient (Wildman–Crippen LogP) is 2.58. The van der Waals surface area contributed by atoms with Crippen LogP contribution in [0.15, 0.2) is 0 Å². The Balaban J connectivity index is 2.09. The monoisotopic (exact) mass is 238 g/mol.